The SMILES string of the molecule is [2H]c1c([2H])c([2H])c(-c2nc(-c3ccccc3)nc(-n3c4ccccc4c4c5c6ccccc6n(-c6ccccc6-c6ccccc6)c5ccc43)n2)c([2H])c1[2H]. The minimum Gasteiger partial charge on any atom is -0.309 e. The van der Waals surface area contributed by atoms with Gasteiger partial charge >= 0.3 is 0 Å². The molecule has 0 radical (unpaired) electrons. The molecule has 0 aliphatic rings. The molecule has 0 unspecified atom stereocenters. The summed E-state index contributed by atoms with van der Waals surface area (Å²) in [5.41, 5.74) is 7.73. The van der Waals surface area contributed by atoms with Gasteiger partial charge in [0.2, 0.25) is 5.95 Å². The molecule has 0 spiro atoms. The van der Waals surface area contributed by atoms with Crippen LogP contribution < -0.4 is 0 Å². The van der Waals surface area contributed by atoms with Gasteiger partial charge in [-0.05, 0) is 35.9 Å². The van der Waals surface area contributed by atoms with Crippen LogP contribution in [0.2, 0.25) is 0 Å². The first-order valence-electron chi connectivity index (χ1n) is 18.9. The van der Waals surface area contributed by atoms with E-state index in [0.717, 1.165) is 60.4 Å². The molecule has 234 valence electrons. The Morgan fingerprint density at radius 1 is 0.400 bits per heavy atom. The molecule has 0 saturated heterocycles. The van der Waals surface area contributed by atoms with Crippen LogP contribution in [0.4, 0.5) is 0 Å². The van der Waals surface area contributed by atoms with E-state index in [4.69, 9.17) is 21.8 Å². The van der Waals surface area contributed by atoms with Gasteiger partial charge < -0.3 is 4.57 Å². The minimum absolute atomic E-state index is 0.0121. The summed E-state index contributed by atoms with van der Waals surface area (Å²) in [5, 5.41) is 4.18. The molecule has 0 aliphatic heterocycles. The van der Waals surface area contributed by atoms with E-state index in [1.54, 1.807) is 0 Å². The first kappa shape index (κ1) is 23.5. The van der Waals surface area contributed by atoms with Crippen LogP contribution in [-0.2, 0) is 0 Å². The van der Waals surface area contributed by atoms with Crippen molar-refractivity contribution in [2.75, 3.05) is 0 Å². The summed E-state index contributed by atoms with van der Waals surface area (Å²) >= 11 is 0. The predicted octanol–water partition coefficient (Wildman–Crippen LogP) is 11.1. The maximum absolute atomic E-state index is 8.78. The highest BCUT2D eigenvalue weighted by atomic mass is 15.2. The molecule has 0 N–H and O–H groups in total. The third-order valence-electron chi connectivity index (χ3n) is 9.28. The van der Waals surface area contributed by atoms with Crippen molar-refractivity contribution in [1.82, 2.24) is 24.1 Å². The molecule has 3 aromatic heterocycles. The molecule has 0 amide bonds. The van der Waals surface area contributed by atoms with Crippen LogP contribution in [0, 0.1) is 0 Å². The topological polar surface area (TPSA) is 48.5 Å². The third kappa shape index (κ3) is 4.37. The van der Waals surface area contributed by atoms with Crippen LogP contribution >= 0.6 is 0 Å². The first-order valence-corrected chi connectivity index (χ1v) is 16.4. The Bertz CT molecular complexity index is 3130. The number of aromatic nitrogens is 5. The lowest BCUT2D eigenvalue weighted by Crippen LogP contribution is -2.06. The van der Waals surface area contributed by atoms with E-state index in [1.165, 1.54) is 0 Å². The van der Waals surface area contributed by atoms with Crippen molar-refractivity contribution in [3.05, 3.63) is 176 Å². The molecular weight excluding hydrogens is 611 g/mol. The van der Waals surface area contributed by atoms with Gasteiger partial charge in [-0.3, -0.25) is 4.57 Å². The van der Waals surface area contributed by atoms with Gasteiger partial charge in [0, 0.05) is 38.2 Å². The number of rotatable bonds is 5. The van der Waals surface area contributed by atoms with Crippen LogP contribution in [0.1, 0.15) is 6.85 Å². The standard InChI is InChI=1S/C45H29N5/c1-4-16-30(17-5-1)33-22-10-13-25-36(33)49-37-26-14-11-23-34(37)41-39(49)28-29-40-42(41)35-24-12-15-27-38(35)50(40)45-47-43(31-18-6-2-7-19-31)46-44(48-45)32-20-8-3-9-21-32/h1-29H/i2D,6D,7D,18D,19D. The number of hydrogen-bond donors (Lipinski definition) is 0. The van der Waals surface area contributed by atoms with Gasteiger partial charge in [0.15, 0.2) is 11.6 Å². The lowest BCUT2D eigenvalue weighted by molar-refractivity contribution is 0.953. The van der Waals surface area contributed by atoms with Crippen molar-refractivity contribution >= 4 is 43.6 Å². The van der Waals surface area contributed by atoms with E-state index in [2.05, 4.69) is 95.6 Å². The predicted molar refractivity (Wildman–Crippen MR) is 205 cm³/mol. The van der Waals surface area contributed by atoms with Crippen LogP contribution in [0.15, 0.2) is 176 Å². The molecule has 5 nitrogen and oxygen atoms in total. The van der Waals surface area contributed by atoms with E-state index < -0.39 is 18.1 Å². The molecule has 50 heavy (non-hydrogen) atoms. The molecule has 3 heterocycles. The molecule has 0 atom stereocenters. The van der Waals surface area contributed by atoms with Crippen LogP contribution in [0.3, 0.4) is 0 Å². The molecule has 0 aliphatic carbocycles. The highest BCUT2D eigenvalue weighted by Crippen LogP contribution is 2.43. The summed E-state index contributed by atoms with van der Waals surface area (Å²) in [6.45, 7) is 0. The van der Waals surface area contributed by atoms with Crippen LogP contribution in [-0.4, -0.2) is 24.1 Å². The first-order chi connectivity index (χ1) is 26.9. The molecule has 0 fully saturated rings. The smallest absolute Gasteiger partial charge is 0.238 e. The fourth-order valence-corrected chi connectivity index (χ4v) is 7.18. The lowest BCUT2D eigenvalue weighted by atomic mass is 10.0. The number of benzene rings is 7. The van der Waals surface area contributed by atoms with Crippen molar-refractivity contribution in [1.29, 1.82) is 0 Å². The normalized spacial score (nSPS) is 13.0. The maximum atomic E-state index is 8.78. The van der Waals surface area contributed by atoms with Gasteiger partial charge in [-0.15, -0.1) is 0 Å². The lowest BCUT2D eigenvalue weighted by Gasteiger charge is -2.14. The third-order valence-corrected chi connectivity index (χ3v) is 9.28. The van der Waals surface area contributed by atoms with Crippen molar-refractivity contribution in [3.8, 4) is 45.5 Å². The van der Waals surface area contributed by atoms with Gasteiger partial charge in [0.05, 0.1) is 34.6 Å². The molecular formula is C45H29N5. The zero-order chi connectivity index (χ0) is 37.4. The van der Waals surface area contributed by atoms with E-state index >= 15 is 0 Å². The summed E-state index contributed by atoms with van der Waals surface area (Å²) < 4.78 is 46.9. The quantitative estimate of drug-likeness (QED) is 0.187. The average molecular weight is 645 g/mol. The highest BCUT2D eigenvalue weighted by Gasteiger charge is 2.23. The Hall–Kier alpha value is -6.85. The van der Waals surface area contributed by atoms with Crippen molar-refractivity contribution in [3.63, 3.8) is 0 Å². The summed E-state index contributed by atoms with van der Waals surface area (Å²) in [6.07, 6.45) is 0. The number of para-hydroxylation sites is 3. The van der Waals surface area contributed by atoms with Crippen LogP contribution in [0.5, 0.6) is 0 Å². The Labute approximate surface area is 295 Å². The fourth-order valence-electron chi connectivity index (χ4n) is 7.18. The molecule has 7 aromatic carbocycles. The fraction of sp³-hybridized carbons (Fsp3) is 0. The number of hydrogen-bond acceptors (Lipinski definition) is 3. The number of nitrogens with zero attached hydrogens (tertiary/aromatic N) is 5. The van der Waals surface area contributed by atoms with Gasteiger partial charge in [0.25, 0.3) is 0 Å². The van der Waals surface area contributed by atoms with Crippen molar-refractivity contribution in [2.45, 2.75) is 0 Å². The molecule has 0 bridgehead atoms. The zero-order valence-corrected chi connectivity index (χ0v) is 26.6. The monoisotopic (exact) mass is 644 g/mol. The molecule has 0 saturated carbocycles. The number of fused-ring (bicyclic) bond motifs is 7. The summed E-state index contributed by atoms with van der Waals surface area (Å²) in [6, 6.07) is 47.0. The second-order valence-electron chi connectivity index (χ2n) is 12.1. The Kier molecular flexibility index (Phi) is 5.35. The second-order valence-corrected chi connectivity index (χ2v) is 12.1. The summed E-state index contributed by atoms with van der Waals surface area (Å²) in [4.78, 5) is 14.7. The largest absolute Gasteiger partial charge is 0.309 e. The molecule has 10 aromatic rings. The van der Waals surface area contributed by atoms with E-state index in [0.29, 0.717) is 11.4 Å². The van der Waals surface area contributed by atoms with Gasteiger partial charge in [-0.1, -0.05) is 145 Å². The van der Waals surface area contributed by atoms with Crippen LogP contribution in [0.25, 0.3) is 89.2 Å². The van der Waals surface area contributed by atoms with Gasteiger partial charge in [-0.25, -0.2) is 4.98 Å². The van der Waals surface area contributed by atoms with Gasteiger partial charge in [-0.2, -0.15) is 9.97 Å². The second kappa shape index (κ2) is 11.4. The van der Waals surface area contributed by atoms with Gasteiger partial charge in [0.1, 0.15) is 0 Å². The molecule has 10 rings (SSSR count). The van der Waals surface area contributed by atoms with Crippen molar-refractivity contribution in [2.24, 2.45) is 0 Å². The highest BCUT2D eigenvalue weighted by molar-refractivity contribution is 6.29. The Morgan fingerprint density at radius 3 is 1.60 bits per heavy atom. The maximum Gasteiger partial charge on any atom is 0.238 e. The van der Waals surface area contributed by atoms with E-state index in [1.807, 2.05) is 59.2 Å². The van der Waals surface area contributed by atoms with Crippen molar-refractivity contribution < 1.29 is 6.85 Å². The van der Waals surface area contributed by atoms with E-state index in [9.17, 15) is 0 Å². The summed E-state index contributed by atoms with van der Waals surface area (Å²) in [5.74, 6) is 0.565. The molecule has 5 heteroatoms. The van der Waals surface area contributed by atoms with E-state index in [-0.39, 0.29) is 29.4 Å². The average Bonchev–Trinajstić information content (AvgIpc) is 3.75. The zero-order valence-electron chi connectivity index (χ0n) is 31.6. The Morgan fingerprint density at radius 2 is 0.920 bits per heavy atom. The minimum atomic E-state index is -0.478. The summed E-state index contributed by atoms with van der Waals surface area (Å²) in [7, 11) is 0. The Balaban J connectivity index is 1.31.